The Balaban J connectivity index is 2.11. The van der Waals surface area contributed by atoms with Crippen LogP contribution in [-0.2, 0) is 4.79 Å². The number of carbonyl (C=O) groups excluding carboxylic acids is 1. The van der Waals surface area contributed by atoms with Crippen LogP contribution in [0.3, 0.4) is 0 Å². The SMILES string of the molecule is CCCCSC=C1CCC2C(C)(C)CCCC2(C)C1=O. The molecule has 0 aromatic heterocycles. The topological polar surface area (TPSA) is 17.1 Å². The van der Waals surface area contributed by atoms with Crippen LogP contribution in [0.5, 0.6) is 0 Å². The molecule has 0 radical (unpaired) electrons. The number of unbranched alkanes of at least 4 members (excludes halogenated alkanes) is 1. The standard InChI is InChI=1S/C18H30OS/c1-5-6-12-20-13-14-8-9-15-17(2,3)10-7-11-18(15,4)16(14)19/h13,15H,5-12H2,1-4H3. The van der Waals surface area contributed by atoms with Crippen LogP contribution in [-0.4, -0.2) is 11.5 Å². The van der Waals surface area contributed by atoms with E-state index in [9.17, 15) is 4.79 Å². The van der Waals surface area contributed by atoms with Crippen LogP contribution in [0.25, 0.3) is 0 Å². The van der Waals surface area contributed by atoms with E-state index in [1.54, 1.807) is 0 Å². The Morgan fingerprint density at radius 3 is 2.75 bits per heavy atom. The maximum atomic E-state index is 13.0. The first-order valence-electron chi connectivity index (χ1n) is 8.27. The molecule has 0 saturated heterocycles. The van der Waals surface area contributed by atoms with Crippen molar-refractivity contribution in [3.63, 3.8) is 0 Å². The van der Waals surface area contributed by atoms with Gasteiger partial charge >= 0.3 is 0 Å². The second-order valence-corrected chi connectivity index (χ2v) is 8.52. The zero-order valence-electron chi connectivity index (χ0n) is 13.6. The highest BCUT2D eigenvalue weighted by atomic mass is 32.2. The minimum absolute atomic E-state index is 0.0862. The summed E-state index contributed by atoms with van der Waals surface area (Å²) in [6.45, 7) is 9.19. The average molecular weight is 295 g/mol. The van der Waals surface area contributed by atoms with E-state index in [0.29, 0.717) is 17.1 Å². The Hall–Kier alpha value is -0.240. The van der Waals surface area contributed by atoms with Gasteiger partial charge in [0.15, 0.2) is 5.78 Å². The van der Waals surface area contributed by atoms with Gasteiger partial charge in [-0.3, -0.25) is 4.79 Å². The Bertz CT molecular complexity index is 396. The molecule has 2 unspecified atom stereocenters. The number of rotatable bonds is 4. The molecule has 0 N–H and O–H groups in total. The van der Waals surface area contributed by atoms with Gasteiger partial charge in [0.25, 0.3) is 0 Å². The summed E-state index contributed by atoms with van der Waals surface area (Å²) in [6.07, 6.45) is 8.27. The molecule has 114 valence electrons. The van der Waals surface area contributed by atoms with E-state index in [1.165, 1.54) is 32.1 Å². The van der Waals surface area contributed by atoms with Crippen molar-refractivity contribution in [1.29, 1.82) is 0 Å². The Labute approximate surface area is 129 Å². The van der Waals surface area contributed by atoms with Crippen molar-refractivity contribution in [1.82, 2.24) is 0 Å². The van der Waals surface area contributed by atoms with Gasteiger partial charge in [-0.1, -0.05) is 40.5 Å². The number of carbonyl (C=O) groups is 1. The second kappa shape index (κ2) is 6.25. The van der Waals surface area contributed by atoms with Gasteiger partial charge in [0.05, 0.1) is 0 Å². The van der Waals surface area contributed by atoms with Gasteiger partial charge in [-0.25, -0.2) is 0 Å². The molecule has 0 aromatic rings. The second-order valence-electron chi connectivity index (χ2n) is 7.55. The predicted octanol–water partition coefficient (Wildman–Crippen LogP) is 5.60. The van der Waals surface area contributed by atoms with E-state index in [1.807, 2.05) is 11.8 Å². The molecular formula is C18H30OS. The fourth-order valence-electron chi connectivity index (χ4n) is 4.38. The van der Waals surface area contributed by atoms with E-state index in [0.717, 1.165) is 24.2 Å². The average Bonchev–Trinajstić information content (AvgIpc) is 2.38. The van der Waals surface area contributed by atoms with Crippen molar-refractivity contribution in [2.45, 2.75) is 72.6 Å². The number of hydrogen-bond acceptors (Lipinski definition) is 2. The highest BCUT2D eigenvalue weighted by Gasteiger charge is 2.53. The predicted molar refractivity (Wildman–Crippen MR) is 88.9 cm³/mol. The van der Waals surface area contributed by atoms with Gasteiger partial charge < -0.3 is 0 Å². The van der Waals surface area contributed by atoms with Crippen molar-refractivity contribution in [2.24, 2.45) is 16.7 Å². The molecule has 2 fully saturated rings. The molecule has 0 heterocycles. The van der Waals surface area contributed by atoms with E-state index in [4.69, 9.17) is 0 Å². The van der Waals surface area contributed by atoms with Gasteiger partial charge in [-0.05, 0) is 54.6 Å². The first-order valence-corrected chi connectivity index (χ1v) is 9.32. The lowest BCUT2D eigenvalue weighted by Crippen LogP contribution is -2.49. The highest BCUT2D eigenvalue weighted by molar-refractivity contribution is 8.02. The third-order valence-electron chi connectivity index (χ3n) is 5.58. The molecule has 2 atom stereocenters. The van der Waals surface area contributed by atoms with Crippen molar-refractivity contribution in [3.05, 3.63) is 11.0 Å². The van der Waals surface area contributed by atoms with Crippen LogP contribution < -0.4 is 0 Å². The Morgan fingerprint density at radius 2 is 2.05 bits per heavy atom. The van der Waals surface area contributed by atoms with Crippen LogP contribution in [0.2, 0.25) is 0 Å². The minimum Gasteiger partial charge on any atom is -0.294 e. The summed E-state index contributed by atoms with van der Waals surface area (Å²) in [7, 11) is 0. The fourth-order valence-corrected chi connectivity index (χ4v) is 5.38. The molecule has 0 aliphatic heterocycles. The molecular weight excluding hydrogens is 264 g/mol. The molecule has 2 heteroatoms. The molecule has 20 heavy (non-hydrogen) atoms. The first-order chi connectivity index (χ1) is 9.42. The number of Topliss-reactive ketones (excluding diaryl/α,β-unsaturated/α-hetero) is 1. The maximum absolute atomic E-state index is 13.0. The number of hydrogen-bond donors (Lipinski definition) is 0. The van der Waals surface area contributed by atoms with Crippen molar-refractivity contribution in [3.8, 4) is 0 Å². The van der Waals surface area contributed by atoms with Crippen LogP contribution >= 0.6 is 11.8 Å². The van der Waals surface area contributed by atoms with Gasteiger partial charge in [0.2, 0.25) is 0 Å². The molecule has 1 nitrogen and oxygen atoms in total. The molecule has 0 amide bonds. The zero-order chi connectivity index (χ0) is 14.8. The molecule has 0 aromatic carbocycles. The lowest BCUT2D eigenvalue weighted by atomic mass is 9.51. The van der Waals surface area contributed by atoms with Crippen LogP contribution in [0, 0.1) is 16.7 Å². The van der Waals surface area contributed by atoms with Crippen LogP contribution in [0.1, 0.15) is 72.6 Å². The third kappa shape index (κ3) is 3.00. The normalized spacial score (nSPS) is 35.1. The first kappa shape index (κ1) is 16.1. The summed E-state index contributed by atoms with van der Waals surface area (Å²) in [4.78, 5) is 13.0. The number of allylic oxidation sites excluding steroid dienone is 1. The summed E-state index contributed by atoms with van der Waals surface area (Å²) in [5, 5.41) is 2.18. The lowest BCUT2D eigenvalue weighted by Gasteiger charge is -2.52. The maximum Gasteiger partial charge on any atom is 0.165 e. The monoisotopic (exact) mass is 294 g/mol. The number of fused-ring (bicyclic) bond motifs is 1. The molecule has 2 aliphatic rings. The van der Waals surface area contributed by atoms with Gasteiger partial charge in [0.1, 0.15) is 0 Å². The summed E-state index contributed by atoms with van der Waals surface area (Å²) >= 11 is 1.84. The number of ketones is 1. The van der Waals surface area contributed by atoms with E-state index in [-0.39, 0.29) is 5.41 Å². The van der Waals surface area contributed by atoms with Crippen LogP contribution in [0.4, 0.5) is 0 Å². The Kier molecular flexibility index (Phi) is 5.05. The third-order valence-corrected chi connectivity index (χ3v) is 6.56. The largest absolute Gasteiger partial charge is 0.294 e. The minimum atomic E-state index is -0.0862. The molecule has 2 aliphatic carbocycles. The Morgan fingerprint density at radius 1 is 1.30 bits per heavy atom. The smallest absolute Gasteiger partial charge is 0.165 e. The van der Waals surface area contributed by atoms with E-state index in [2.05, 4.69) is 33.1 Å². The van der Waals surface area contributed by atoms with Crippen molar-refractivity contribution >= 4 is 17.5 Å². The van der Waals surface area contributed by atoms with Gasteiger partial charge in [0, 0.05) is 11.0 Å². The lowest BCUT2D eigenvalue weighted by molar-refractivity contribution is -0.137. The zero-order valence-corrected chi connectivity index (χ0v) is 14.4. The van der Waals surface area contributed by atoms with E-state index >= 15 is 0 Å². The summed E-state index contributed by atoms with van der Waals surface area (Å²) in [5.41, 5.74) is 1.36. The molecule has 2 rings (SSSR count). The van der Waals surface area contributed by atoms with Gasteiger partial charge in [-0.2, -0.15) is 0 Å². The summed E-state index contributed by atoms with van der Waals surface area (Å²) < 4.78 is 0. The van der Waals surface area contributed by atoms with E-state index < -0.39 is 0 Å². The van der Waals surface area contributed by atoms with Crippen molar-refractivity contribution < 1.29 is 4.79 Å². The molecule has 0 spiro atoms. The molecule has 0 bridgehead atoms. The quantitative estimate of drug-likeness (QED) is 0.496. The summed E-state index contributed by atoms with van der Waals surface area (Å²) in [5.74, 6) is 2.19. The van der Waals surface area contributed by atoms with Crippen molar-refractivity contribution in [2.75, 3.05) is 5.75 Å². The fraction of sp³-hybridized carbons (Fsp3) is 0.833. The van der Waals surface area contributed by atoms with Crippen LogP contribution in [0.15, 0.2) is 11.0 Å². The summed E-state index contributed by atoms with van der Waals surface area (Å²) in [6, 6.07) is 0. The van der Waals surface area contributed by atoms with Gasteiger partial charge in [-0.15, -0.1) is 11.8 Å². The number of thioether (sulfide) groups is 1. The molecule has 2 saturated carbocycles. The highest BCUT2D eigenvalue weighted by Crippen LogP contribution is 2.57.